The monoisotopic (exact) mass is 400 g/mol. The average molecular weight is 401 g/mol. The van der Waals surface area contributed by atoms with Crippen molar-refractivity contribution in [3.05, 3.63) is 76.2 Å². The molecule has 0 bridgehead atoms. The van der Waals surface area contributed by atoms with Gasteiger partial charge >= 0.3 is 0 Å². The van der Waals surface area contributed by atoms with Crippen LogP contribution in [0.15, 0.2) is 54.2 Å². The lowest BCUT2D eigenvalue weighted by Crippen LogP contribution is -2.40. The van der Waals surface area contributed by atoms with Crippen LogP contribution in [0.1, 0.15) is 11.1 Å². The topological polar surface area (TPSA) is 49.9 Å². The summed E-state index contributed by atoms with van der Waals surface area (Å²) < 4.78 is 18.6. The number of carbonyl (C=O) groups is 2. The molecule has 2 aliphatic rings. The van der Waals surface area contributed by atoms with E-state index in [4.69, 9.17) is 16.3 Å². The zero-order valence-corrected chi connectivity index (χ0v) is 15.8. The van der Waals surface area contributed by atoms with Crippen molar-refractivity contribution in [1.29, 1.82) is 0 Å². The van der Waals surface area contributed by atoms with Gasteiger partial charge in [-0.15, -0.1) is 0 Å². The first-order valence-corrected chi connectivity index (χ1v) is 9.36. The number of hydrogen-bond acceptors (Lipinski definition) is 4. The van der Waals surface area contributed by atoms with Gasteiger partial charge in [0.1, 0.15) is 11.5 Å². The van der Waals surface area contributed by atoms with Crippen molar-refractivity contribution in [2.24, 2.45) is 0 Å². The van der Waals surface area contributed by atoms with Gasteiger partial charge in [0.2, 0.25) is 0 Å². The third-order valence-corrected chi connectivity index (χ3v) is 5.11. The Kier molecular flexibility index (Phi) is 5.15. The Morgan fingerprint density at radius 3 is 2.21 bits per heavy atom. The van der Waals surface area contributed by atoms with Crippen molar-refractivity contribution in [1.82, 2.24) is 9.80 Å². The Bertz CT molecular complexity index is 935. The van der Waals surface area contributed by atoms with Crippen molar-refractivity contribution in [3.63, 3.8) is 0 Å². The van der Waals surface area contributed by atoms with E-state index in [9.17, 15) is 14.0 Å². The first kappa shape index (κ1) is 18.7. The van der Waals surface area contributed by atoms with Gasteiger partial charge in [-0.2, -0.15) is 0 Å². The van der Waals surface area contributed by atoms with Crippen LogP contribution in [-0.2, 0) is 20.9 Å². The molecule has 2 amide bonds. The summed E-state index contributed by atoms with van der Waals surface area (Å²) in [4.78, 5) is 29.5. The number of carbonyl (C=O) groups excluding carboxylic acids is 2. The number of nitrogens with zero attached hydrogens (tertiary/aromatic N) is 2. The Balaban J connectivity index is 1.72. The van der Waals surface area contributed by atoms with Gasteiger partial charge in [-0.25, -0.2) is 4.39 Å². The SMILES string of the molecule is O=C1C(c2ccc(Cl)cc2)=C(N2CCOCC2)C(=O)N1Cc1ccc(F)cc1. The predicted molar refractivity (Wildman–Crippen MR) is 103 cm³/mol. The molecular formula is C21H18ClFN2O3. The summed E-state index contributed by atoms with van der Waals surface area (Å²) in [6, 6.07) is 12.7. The fraction of sp³-hybridized carbons (Fsp3) is 0.238. The molecule has 2 aromatic rings. The minimum atomic E-state index is -0.364. The van der Waals surface area contributed by atoms with Crippen LogP contribution in [0.25, 0.3) is 5.57 Å². The highest BCUT2D eigenvalue weighted by Crippen LogP contribution is 2.33. The van der Waals surface area contributed by atoms with E-state index in [1.807, 2.05) is 4.90 Å². The molecule has 0 atom stereocenters. The first-order valence-electron chi connectivity index (χ1n) is 8.98. The van der Waals surface area contributed by atoms with Gasteiger partial charge in [-0.3, -0.25) is 14.5 Å². The van der Waals surface area contributed by atoms with Crippen molar-refractivity contribution < 1.29 is 18.7 Å². The molecule has 144 valence electrons. The smallest absolute Gasteiger partial charge is 0.278 e. The Hall–Kier alpha value is -2.70. The van der Waals surface area contributed by atoms with Gasteiger partial charge in [0.05, 0.1) is 25.3 Å². The van der Waals surface area contributed by atoms with Crippen LogP contribution in [0.4, 0.5) is 4.39 Å². The van der Waals surface area contributed by atoms with E-state index in [0.29, 0.717) is 53.7 Å². The second-order valence-corrected chi connectivity index (χ2v) is 7.09. The largest absolute Gasteiger partial charge is 0.378 e. The molecule has 28 heavy (non-hydrogen) atoms. The average Bonchev–Trinajstić information content (AvgIpc) is 2.95. The van der Waals surface area contributed by atoms with Gasteiger partial charge in [0.15, 0.2) is 0 Å². The minimum absolute atomic E-state index is 0.0862. The van der Waals surface area contributed by atoms with Gasteiger partial charge in [-0.05, 0) is 35.4 Å². The number of imide groups is 1. The number of hydrogen-bond donors (Lipinski definition) is 0. The third kappa shape index (κ3) is 3.53. The zero-order valence-electron chi connectivity index (χ0n) is 15.0. The van der Waals surface area contributed by atoms with Crippen LogP contribution in [0.3, 0.4) is 0 Å². The second kappa shape index (κ2) is 7.73. The Labute approximate surface area is 166 Å². The van der Waals surface area contributed by atoms with E-state index in [2.05, 4.69) is 0 Å². The Morgan fingerprint density at radius 1 is 0.929 bits per heavy atom. The van der Waals surface area contributed by atoms with E-state index in [1.165, 1.54) is 17.0 Å². The normalized spacial score (nSPS) is 17.6. The van der Waals surface area contributed by atoms with Gasteiger partial charge in [-0.1, -0.05) is 35.9 Å². The third-order valence-electron chi connectivity index (χ3n) is 4.86. The highest BCUT2D eigenvalue weighted by Gasteiger charge is 2.41. The summed E-state index contributed by atoms with van der Waals surface area (Å²) in [5.74, 6) is -1.07. The summed E-state index contributed by atoms with van der Waals surface area (Å²) in [6.07, 6.45) is 0. The van der Waals surface area contributed by atoms with Crippen LogP contribution < -0.4 is 0 Å². The summed E-state index contributed by atoms with van der Waals surface area (Å²) >= 11 is 5.98. The molecule has 0 radical (unpaired) electrons. The fourth-order valence-corrected chi connectivity index (χ4v) is 3.56. The molecule has 2 aliphatic heterocycles. The quantitative estimate of drug-likeness (QED) is 0.740. The lowest BCUT2D eigenvalue weighted by molar-refractivity contribution is -0.138. The maximum absolute atomic E-state index is 13.2. The van der Waals surface area contributed by atoms with E-state index in [1.54, 1.807) is 36.4 Å². The van der Waals surface area contributed by atoms with E-state index in [-0.39, 0.29) is 24.2 Å². The Morgan fingerprint density at radius 2 is 1.57 bits per heavy atom. The molecule has 5 nitrogen and oxygen atoms in total. The summed E-state index contributed by atoms with van der Waals surface area (Å²) in [5.41, 5.74) is 2.08. The molecule has 0 aromatic heterocycles. The van der Waals surface area contributed by atoms with Crippen LogP contribution >= 0.6 is 11.6 Å². The second-order valence-electron chi connectivity index (χ2n) is 6.65. The van der Waals surface area contributed by atoms with Crippen molar-refractivity contribution >= 4 is 29.0 Å². The lowest BCUT2D eigenvalue weighted by atomic mass is 10.0. The molecular weight excluding hydrogens is 383 g/mol. The van der Waals surface area contributed by atoms with Crippen LogP contribution in [0, 0.1) is 5.82 Å². The number of morpholine rings is 1. The number of benzene rings is 2. The molecule has 2 heterocycles. The predicted octanol–water partition coefficient (Wildman–Crippen LogP) is 3.09. The number of amides is 2. The van der Waals surface area contributed by atoms with Crippen LogP contribution in [-0.4, -0.2) is 47.9 Å². The molecule has 0 N–H and O–H groups in total. The molecule has 7 heteroatoms. The molecule has 1 fully saturated rings. The molecule has 4 rings (SSSR count). The maximum atomic E-state index is 13.2. The van der Waals surface area contributed by atoms with E-state index < -0.39 is 0 Å². The first-order chi connectivity index (χ1) is 13.5. The zero-order chi connectivity index (χ0) is 19.7. The van der Waals surface area contributed by atoms with E-state index >= 15 is 0 Å². The van der Waals surface area contributed by atoms with Gasteiger partial charge < -0.3 is 9.64 Å². The number of ether oxygens (including phenoxy) is 1. The van der Waals surface area contributed by atoms with Crippen LogP contribution in [0.2, 0.25) is 5.02 Å². The van der Waals surface area contributed by atoms with Crippen molar-refractivity contribution in [2.75, 3.05) is 26.3 Å². The summed E-state index contributed by atoms with van der Waals surface area (Å²) in [5, 5.41) is 0.553. The molecule has 0 saturated carbocycles. The number of halogens is 2. The number of rotatable bonds is 4. The summed E-state index contributed by atoms with van der Waals surface area (Å²) in [7, 11) is 0. The minimum Gasteiger partial charge on any atom is -0.378 e. The molecule has 0 unspecified atom stereocenters. The summed E-state index contributed by atoms with van der Waals surface area (Å²) in [6.45, 7) is 2.15. The highest BCUT2D eigenvalue weighted by molar-refractivity contribution is 6.35. The maximum Gasteiger partial charge on any atom is 0.278 e. The van der Waals surface area contributed by atoms with Crippen molar-refractivity contribution in [2.45, 2.75) is 6.54 Å². The van der Waals surface area contributed by atoms with Gasteiger partial charge in [0, 0.05) is 18.1 Å². The van der Waals surface area contributed by atoms with E-state index in [0.717, 1.165) is 0 Å². The molecule has 2 aromatic carbocycles. The highest BCUT2D eigenvalue weighted by atomic mass is 35.5. The molecule has 0 aliphatic carbocycles. The van der Waals surface area contributed by atoms with Crippen molar-refractivity contribution in [3.8, 4) is 0 Å². The van der Waals surface area contributed by atoms with Crippen LogP contribution in [0.5, 0.6) is 0 Å². The molecule has 0 spiro atoms. The lowest BCUT2D eigenvalue weighted by Gasteiger charge is -2.29. The fourth-order valence-electron chi connectivity index (χ4n) is 3.44. The standard InChI is InChI=1S/C21H18ClFN2O3/c22-16-5-3-15(4-6-16)18-19(24-9-11-28-12-10-24)21(27)25(20(18)26)13-14-1-7-17(23)8-2-14/h1-8H,9-13H2. The van der Waals surface area contributed by atoms with Gasteiger partial charge in [0.25, 0.3) is 11.8 Å². The molecule has 1 saturated heterocycles.